The number of benzene rings is 4. The smallest absolute Gasteiger partial charge is 0.338 e. The lowest BCUT2D eigenvalue weighted by molar-refractivity contribution is -0.138. The molecule has 7 rings (SSSR count). The average Bonchev–Trinajstić information content (AvgIpc) is 3.53. The predicted molar refractivity (Wildman–Crippen MR) is 171 cm³/mol. The van der Waals surface area contributed by atoms with Crippen molar-refractivity contribution in [2.24, 2.45) is 4.99 Å². The molecule has 1 amide bonds. The second-order valence-corrected chi connectivity index (χ2v) is 11.4. The van der Waals surface area contributed by atoms with Crippen LogP contribution in [0.3, 0.4) is 0 Å². The Balaban J connectivity index is 1.51. The van der Waals surface area contributed by atoms with Gasteiger partial charge in [-0.1, -0.05) is 121 Å². The number of ether oxygens (including phenoxy) is 1. The van der Waals surface area contributed by atoms with Crippen molar-refractivity contribution >= 4 is 40.2 Å². The molecular formula is C36H27N3O4S. The highest BCUT2D eigenvalue weighted by Crippen LogP contribution is 2.37. The summed E-state index contributed by atoms with van der Waals surface area (Å²) in [5, 5.41) is 0. The van der Waals surface area contributed by atoms with Crippen LogP contribution in [-0.2, 0) is 20.9 Å². The summed E-state index contributed by atoms with van der Waals surface area (Å²) < 4.78 is 7.37. The molecule has 1 atom stereocenters. The van der Waals surface area contributed by atoms with Crippen LogP contribution in [0.1, 0.15) is 35.2 Å². The van der Waals surface area contributed by atoms with Gasteiger partial charge in [0.2, 0.25) is 0 Å². The summed E-state index contributed by atoms with van der Waals surface area (Å²) in [4.78, 5) is 49.4. The Hall–Kier alpha value is -5.34. The number of aromatic nitrogens is 1. The van der Waals surface area contributed by atoms with Crippen molar-refractivity contribution in [1.82, 2.24) is 4.57 Å². The Bertz CT molecular complexity index is 2120. The Kier molecular flexibility index (Phi) is 7.12. The number of para-hydroxylation sites is 1. The molecule has 0 fully saturated rings. The van der Waals surface area contributed by atoms with Gasteiger partial charge in [-0.05, 0) is 24.1 Å². The van der Waals surface area contributed by atoms with Gasteiger partial charge in [0, 0.05) is 11.1 Å². The van der Waals surface area contributed by atoms with Crippen LogP contribution >= 0.6 is 11.3 Å². The predicted octanol–water partition coefficient (Wildman–Crippen LogP) is 4.85. The van der Waals surface area contributed by atoms with Crippen molar-refractivity contribution in [3.05, 3.63) is 163 Å². The summed E-state index contributed by atoms with van der Waals surface area (Å²) in [5.41, 5.74) is 4.58. The third-order valence-corrected chi connectivity index (χ3v) is 8.85. The maximum atomic E-state index is 14.5. The van der Waals surface area contributed by atoms with Gasteiger partial charge >= 0.3 is 5.97 Å². The molecule has 8 heteroatoms. The van der Waals surface area contributed by atoms with Crippen LogP contribution in [0.2, 0.25) is 0 Å². The largest absolute Gasteiger partial charge is 0.463 e. The van der Waals surface area contributed by atoms with E-state index in [1.807, 2.05) is 115 Å². The van der Waals surface area contributed by atoms with Crippen molar-refractivity contribution in [3.63, 3.8) is 0 Å². The Morgan fingerprint density at radius 3 is 2.18 bits per heavy atom. The number of hydrogen-bond acceptors (Lipinski definition) is 6. The quantitative estimate of drug-likeness (QED) is 0.262. The second-order valence-electron chi connectivity index (χ2n) is 10.4. The number of esters is 1. The van der Waals surface area contributed by atoms with Gasteiger partial charge in [0.25, 0.3) is 11.5 Å². The number of carbonyl (C=O) groups is 2. The molecule has 0 unspecified atom stereocenters. The fraction of sp³-hybridized carbons (Fsp3) is 0.111. The fourth-order valence-corrected chi connectivity index (χ4v) is 6.96. The van der Waals surface area contributed by atoms with Gasteiger partial charge in [0.15, 0.2) is 4.80 Å². The first-order valence-corrected chi connectivity index (χ1v) is 15.2. The van der Waals surface area contributed by atoms with E-state index < -0.39 is 12.0 Å². The van der Waals surface area contributed by atoms with Gasteiger partial charge in [-0.15, -0.1) is 0 Å². The minimum absolute atomic E-state index is 0.170. The molecule has 4 aromatic carbocycles. The highest BCUT2D eigenvalue weighted by atomic mass is 32.1. The van der Waals surface area contributed by atoms with Gasteiger partial charge in [-0.3, -0.25) is 14.2 Å². The summed E-state index contributed by atoms with van der Waals surface area (Å²) in [6, 6.07) is 35.3. The molecule has 0 spiro atoms. The van der Waals surface area contributed by atoms with E-state index >= 15 is 0 Å². The van der Waals surface area contributed by atoms with Crippen LogP contribution in [0.5, 0.6) is 0 Å². The summed E-state index contributed by atoms with van der Waals surface area (Å²) in [5.74, 6) is -0.789. The van der Waals surface area contributed by atoms with Crippen LogP contribution in [-0.4, -0.2) is 23.1 Å². The van der Waals surface area contributed by atoms with E-state index in [1.165, 1.54) is 15.9 Å². The highest BCUT2D eigenvalue weighted by Gasteiger charge is 2.38. The van der Waals surface area contributed by atoms with Crippen LogP contribution < -0.4 is 19.8 Å². The van der Waals surface area contributed by atoms with E-state index in [9.17, 15) is 14.4 Å². The number of hydrogen-bond donors (Lipinski definition) is 0. The second kappa shape index (κ2) is 11.4. The van der Waals surface area contributed by atoms with E-state index in [0.717, 1.165) is 22.4 Å². The third-order valence-electron chi connectivity index (χ3n) is 7.80. The molecule has 0 aliphatic carbocycles. The molecule has 1 aromatic heterocycles. The zero-order valence-electron chi connectivity index (χ0n) is 23.8. The van der Waals surface area contributed by atoms with Crippen LogP contribution in [0, 0.1) is 0 Å². The highest BCUT2D eigenvalue weighted by molar-refractivity contribution is 7.07. The normalized spacial score (nSPS) is 16.8. The number of thiazole rings is 1. The number of rotatable bonds is 6. The van der Waals surface area contributed by atoms with Gasteiger partial charge in [0.1, 0.15) is 4.53 Å². The van der Waals surface area contributed by atoms with Crippen LogP contribution in [0.15, 0.2) is 131 Å². The maximum absolute atomic E-state index is 14.5. The van der Waals surface area contributed by atoms with Gasteiger partial charge in [0.05, 0.1) is 41.7 Å². The zero-order valence-corrected chi connectivity index (χ0v) is 24.7. The van der Waals surface area contributed by atoms with E-state index in [-0.39, 0.29) is 28.2 Å². The number of anilines is 1. The lowest BCUT2D eigenvalue weighted by Gasteiger charge is -2.25. The molecule has 0 saturated heterocycles. The summed E-state index contributed by atoms with van der Waals surface area (Å²) >= 11 is 1.17. The monoisotopic (exact) mass is 597 g/mol. The van der Waals surface area contributed by atoms with Crippen molar-refractivity contribution in [2.75, 3.05) is 11.5 Å². The molecular weight excluding hydrogens is 570 g/mol. The molecule has 0 N–H and O–H groups in total. The van der Waals surface area contributed by atoms with Crippen LogP contribution in [0.25, 0.3) is 11.3 Å². The van der Waals surface area contributed by atoms with E-state index in [0.29, 0.717) is 28.2 Å². The molecule has 0 radical (unpaired) electrons. The van der Waals surface area contributed by atoms with Gasteiger partial charge in [-0.2, -0.15) is 0 Å². The summed E-state index contributed by atoms with van der Waals surface area (Å²) in [6.07, 6.45) is 0. The Morgan fingerprint density at radius 1 is 0.841 bits per heavy atom. The first-order valence-electron chi connectivity index (χ1n) is 14.4. The molecule has 7 nitrogen and oxygen atoms in total. The molecule has 0 bridgehead atoms. The molecule has 2 aliphatic heterocycles. The minimum atomic E-state index is -0.803. The van der Waals surface area contributed by atoms with Crippen molar-refractivity contribution in [2.45, 2.75) is 19.5 Å². The Morgan fingerprint density at radius 2 is 1.48 bits per heavy atom. The van der Waals surface area contributed by atoms with Crippen molar-refractivity contribution < 1.29 is 14.3 Å². The van der Waals surface area contributed by atoms with Crippen LogP contribution in [0.4, 0.5) is 5.69 Å². The topological polar surface area (TPSA) is 81.0 Å². The number of fused-ring (bicyclic) bond motifs is 2. The summed E-state index contributed by atoms with van der Waals surface area (Å²) in [7, 11) is 0. The molecule has 3 heterocycles. The minimum Gasteiger partial charge on any atom is -0.463 e. The fourth-order valence-electron chi connectivity index (χ4n) is 5.86. The number of carbonyl (C=O) groups excluding carboxylic acids is 2. The molecule has 2 aliphatic rings. The van der Waals surface area contributed by atoms with Crippen molar-refractivity contribution in [1.29, 1.82) is 0 Å². The molecule has 44 heavy (non-hydrogen) atoms. The first-order chi connectivity index (χ1) is 21.6. The van der Waals surface area contributed by atoms with Crippen molar-refractivity contribution in [3.8, 4) is 0 Å². The lowest BCUT2D eigenvalue weighted by Crippen LogP contribution is -2.41. The van der Waals surface area contributed by atoms with E-state index in [2.05, 4.69) is 0 Å². The zero-order chi connectivity index (χ0) is 30.2. The molecule has 216 valence electrons. The number of nitrogens with zero attached hydrogens (tertiary/aromatic N) is 3. The Labute approximate surface area is 257 Å². The lowest BCUT2D eigenvalue weighted by atomic mass is 9.93. The van der Waals surface area contributed by atoms with Gasteiger partial charge in [-0.25, -0.2) is 9.79 Å². The van der Waals surface area contributed by atoms with E-state index in [1.54, 1.807) is 11.8 Å². The molecule has 0 saturated carbocycles. The summed E-state index contributed by atoms with van der Waals surface area (Å²) in [6.45, 7) is 2.29. The SMILES string of the molecule is CCOC(=O)C1=C(c2ccccc2)N=c2s/c(=C3\C(=O)N(Cc4ccccc4)c4ccccc43)c(=O)n2[C@H]1c1ccccc1. The maximum Gasteiger partial charge on any atom is 0.338 e. The van der Waals surface area contributed by atoms with Gasteiger partial charge < -0.3 is 9.64 Å². The first kappa shape index (κ1) is 27.5. The van der Waals surface area contributed by atoms with E-state index in [4.69, 9.17) is 9.73 Å². The number of amides is 1. The standard InChI is InChI=1S/C36H27N3O4S/c1-2-43-35(42)29-30(24-16-8-4-9-17-24)37-36-39(31(29)25-18-10-5-11-19-25)34(41)32(44-36)28-26-20-12-13-21-27(26)38(33(28)40)22-23-14-6-3-7-15-23/h3-21,31H,2,22H2,1H3/b32-28-/t31-/m0/s1. The average molecular weight is 598 g/mol. The molecule has 5 aromatic rings. The third kappa shape index (κ3) is 4.60.